The molecule has 1 rings (SSSR count). The molecule has 0 aliphatic carbocycles. The molecule has 0 heterocycles. The Balaban J connectivity index is 2.59. The first-order chi connectivity index (χ1) is 8.45. The third kappa shape index (κ3) is 5.31. The van der Waals surface area contributed by atoms with Crippen LogP contribution in [0.15, 0.2) is 35.2 Å². The Labute approximate surface area is 124 Å². The van der Waals surface area contributed by atoms with Crippen LogP contribution in [0, 0.1) is 0 Å². The van der Waals surface area contributed by atoms with Crippen LogP contribution in [0.3, 0.4) is 0 Å². The molecule has 0 amide bonds. The van der Waals surface area contributed by atoms with Gasteiger partial charge >= 0.3 is 0 Å². The lowest BCUT2D eigenvalue weighted by Gasteiger charge is -2.30. The fourth-order valence-electron chi connectivity index (χ4n) is 1.48. The van der Waals surface area contributed by atoms with E-state index in [4.69, 9.17) is 12.2 Å². The zero-order valence-electron chi connectivity index (χ0n) is 11.1. The SMILES string of the molecule is CCSC(=S)CC(O)C(C)(C)Sc1ccccc1. The fraction of sp³-hybridized carbons (Fsp3) is 0.500. The predicted octanol–water partition coefficient (Wildman–Crippen LogP) is 4.39. The van der Waals surface area contributed by atoms with Crippen molar-refractivity contribution in [3.8, 4) is 0 Å². The first kappa shape index (κ1) is 16.0. The van der Waals surface area contributed by atoms with Crippen LogP contribution < -0.4 is 0 Å². The van der Waals surface area contributed by atoms with Gasteiger partial charge in [-0.05, 0) is 31.7 Å². The molecule has 0 radical (unpaired) electrons. The van der Waals surface area contributed by atoms with Gasteiger partial charge in [0.25, 0.3) is 0 Å². The minimum absolute atomic E-state index is 0.236. The average molecular weight is 301 g/mol. The summed E-state index contributed by atoms with van der Waals surface area (Å²) in [5.41, 5.74) is 0. The van der Waals surface area contributed by atoms with Crippen molar-refractivity contribution < 1.29 is 5.11 Å². The van der Waals surface area contributed by atoms with Crippen molar-refractivity contribution >= 4 is 39.9 Å². The van der Waals surface area contributed by atoms with Gasteiger partial charge in [0.15, 0.2) is 0 Å². The van der Waals surface area contributed by atoms with Crippen molar-refractivity contribution in [1.29, 1.82) is 0 Å². The molecule has 1 aromatic carbocycles. The molecule has 4 heteroatoms. The largest absolute Gasteiger partial charge is 0.391 e. The van der Waals surface area contributed by atoms with Gasteiger partial charge in [-0.1, -0.05) is 37.3 Å². The summed E-state index contributed by atoms with van der Waals surface area (Å²) >= 11 is 8.60. The molecular weight excluding hydrogens is 280 g/mol. The highest BCUT2D eigenvalue weighted by Crippen LogP contribution is 2.36. The van der Waals surface area contributed by atoms with Gasteiger partial charge in [-0.3, -0.25) is 0 Å². The third-order valence-corrected chi connectivity index (χ3v) is 5.20. The number of rotatable bonds is 6. The van der Waals surface area contributed by atoms with Crippen LogP contribution in [0.4, 0.5) is 0 Å². The second-order valence-electron chi connectivity index (χ2n) is 4.54. The first-order valence-electron chi connectivity index (χ1n) is 6.03. The zero-order valence-corrected chi connectivity index (χ0v) is 13.5. The zero-order chi connectivity index (χ0) is 13.6. The Morgan fingerprint density at radius 1 is 1.33 bits per heavy atom. The smallest absolute Gasteiger partial charge is 0.0738 e. The summed E-state index contributed by atoms with van der Waals surface area (Å²) < 4.78 is 0.659. The number of aliphatic hydroxyl groups is 1. The van der Waals surface area contributed by atoms with Crippen molar-refractivity contribution in [2.45, 2.75) is 42.9 Å². The number of hydrogen-bond donors (Lipinski definition) is 1. The number of benzene rings is 1. The van der Waals surface area contributed by atoms with Gasteiger partial charge in [0.2, 0.25) is 0 Å². The molecule has 0 bridgehead atoms. The normalized spacial score (nSPS) is 13.3. The number of aliphatic hydroxyl groups excluding tert-OH is 1. The van der Waals surface area contributed by atoms with Gasteiger partial charge in [-0.25, -0.2) is 0 Å². The number of thiocarbonyl (C=S) groups is 1. The molecule has 0 fully saturated rings. The summed E-state index contributed by atoms with van der Waals surface area (Å²) in [5.74, 6) is 0.970. The Morgan fingerprint density at radius 3 is 2.50 bits per heavy atom. The van der Waals surface area contributed by atoms with Crippen molar-refractivity contribution in [2.75, 3.05) is 5.75 Å². The van der Waals surface area contributed by atoms with Crippen LogP contribution in [0.25, 0.3) is 0 Å². The molecule has 1 N–H and O–H groups in total. The summed E-state index contributed by atoms with van der Waals surface area (Å²) in [4.78, 5) is 1.18. The van der Waals surface area contributed by atoms with Crippen LogP contribution in [0.2, 0.25) is 0 Å². The quantitative estimate of drug-likeness (QED) is 0.621. The molecule has 1 aromatic rings. The molecule has 0 spiro atoms. The summed E-state index contributed by atoms with van der Waals surface area (Å²) in [6, 6.07) is 10.2. The summed E-state index contributed by atoms with van der Waals surface area (Å²) in [7, 11) is 0. The number of hydrogen-bond acceptors (Lipinski definition) is 4. The molecule has 1 nitrogen and oxygen atoms in total. The lowest BCUT2D eigenvalue weighted by Crippen LogP contribution is -2.34. The maximum absolute atomic E-state index is 10.3. The van der Waals surface area contributed by atoms with Gasteiger partial charge in [0, 0.05) is 16.1 Å². The lowest BCUT2D eigenvalue weighted by atomic mass is 10.0. The molecule has 1 unspecified atom stereocenters. The Morgan fingerprint density at radius 2 is 1.94 bits per heavy atom. The van der Waals surface area contributed by atoms with Crippen molar-refractivity contribution in [3.05, 3.63) is 30.3 Å². The van der Waals surface area contributed by atoms with Crippen LogP contribution in [0.5, 0.6) is 0 Å². The van der Waals surface area contributed by atoms with E-state index in [0.29, 0.717) is 6.42 Å². The Kier molecular flexibility index (Phi) is 6.71. The molecule has 18 heavy (non-hydrogen) atoms. The van der Waals surface area contributed by atoms with E-state index < -0.39 is 6.10 Å². The summed E-state index contributed by atoms with van der Waals surface area (Å²) in [6.07, 6.45) is 0.162. The molecule has 100 valence electrons. The Bertz CT molecular complexity index is 376. The van der Waals surface area contributed by atoms with Crippen molar-refractivity contribution in [1.82, 2.24) is 0 Å². The minimum atomic E-state index is -0.422. The highest BCUT2D eigenvalue weighted by atomic mass is 32.2. The molecule has 0 aliphatic heterocycles. The molecule has 0 aliphatic rings. The molecule has 1 atom stereocenters. The van der Waals surface area contributed by atoms with E-state index in [1.165, 1.54) is 4.90 Å². The van der Waals surface area contributed by atoms with E-state index in [1.807, 2.05) is 18.2 Å². The predicted molar refractivity (Wildman–Crippen MR) is 87.7 cm³/mol. The maximum atomic E-state index is 10.3. The molecule has 0 aromatic heterocycles. The van der Waals surface area contributed by atoms with E-state index in [1.54, 1.807) is 23.5 Å². The fourth-order valence-corrected chi connectivity index (χ4v) is 3.71. The van der Waals surface area contributed by atoms with Gasteiger partial charge in [0.1, 0.15) is 0 Å². The molecule has 0 saturated carbocycles. The minimum Gasteiger partial charge on any atom is -0.391 e. The van der Waals surface area contributed by atoms with Crippen LogP contribution in [-0.4, -0.2) is 25.9 Å². The second-order valence-corrected chi connectivity index (χ2v) is 8.38. The summed E-state index contributed by atoms with van der Waals surface area (Å²) in [6.45, 7) is 6.20. The van der Waals surface area contributed by atoms with Crippen LogP contribution in [-0.2, 0) is 0 Å². The number of thioether (sulfide) groups is 2. The summed E-state index contributed by atoms with van der Waals surface area (Å²) in [5, 5.41) is 10.3. The maximum Gasteiger partial charge on any atom is 0.0738 e. The first-order valence-corrected chi connectivity index (χ1v) is 8.24. The van der Waals surface area contributed by atoms with Gasteiger partial charge in [0.05, 0.1) is 10.3 Å². The van der Waals surface area contributed by atoms with Gasteiger partial charge in [-0.2, -0.15) is 0 Å². The van der Waals surface area contributed by atoms with E-state index in [9.17, 15) is 5.11 Å². The van der Waals surface area contributed by atoms with Crippen molar-refractivity contribution in [2.24, 2.45) is 0 Å². The van der Waals surface area contributed by atoms with E-state index in [-0.39, 0.29) is 4.75 Å². The van der Waals surface area contributed by atoms with Gasteiger partial charge in [-0.15, -0.1) is 23.5 Å². The standard InChI is InChI=1S/C14H20OS3/c1-4-17-13(16)10-12(15)14(2,3)18-11-8-6-5-7-9-11/h5-9,12,15H,4,10H2,1-3H3. The third-order valence-electron chi connectivity index (χ3n) is 2.59. The second kappa shape index (κ2) is 7.53. The van der Waals surface area contributed by atoms with Crippen LogP contribution in [0.1, 0.15) is 27.2 Å². The molecular formula is C14H20OS3. The van der Waals surface area contributed by atoms with Crippen LogP contribution >= 0.6 is 35.7 Å². The Hall–Kier alpha value is -0.0300. The van der Waals surface area contributed by atoms with E-state index >= 15 is 0 Å². The highest BCUT2D eigenvalue weighted by molar-refractivity contribution is 8.23. The van der Waals surface area contributed by atoms with E-state index in [0.717, 1.165) is 9.95 Å². The van der Waals surface area contributed by atoms with Gasteiger partial charge < -0.3 is 5.11 Å². The average Bonchev–Trinajstić information content (AvgIpc) is 2.29. The highest BCUT2D eigenvalue weighted by Gasteiger charge is 2.29. The topological polar surface area (TPSA) is 20.2 Å². The monoisotopic (exact) mass is 300 g/mol. The van der Waals surface area contributed by atoms with Crippen molar-refractivity contribution in [3.63, 3.8) is 0 Å². The lowest BCUT2D eigenvalue weighted by molar-refractivity contribution is 0.151. The van der Waals surface area contributed by atoms with E-state index in [2.05, 4.69) is 32.9 Å². The molecule has 0 saturated heterocycles.